The Bertz CT molecular complexity index is 1190. The van der Waals surface area contributed by atoms with E-state index in [9.17, 15) is 8.42 Å². The van der Waals surface area contributed by atoms with Crippen LogP contribution in [0.2, 0.25) is 0 Å². The molecule has 1 aliphatic heterocycles. The Kier molecular flexibility index (Phi) is 5.05. The summed E-state index contributed by atoms with van der Waals surface area (Å²) in [7, 11) is -1.90. The molecule has 1 atom stereocenters. The second kappa shape index (κ2) is 7.53. The number of para-hydroxylation sites is 1. The van der Waals surface area contributed by atoms with E-state index >= 15 is 0 Å². The maximum absolute atomic E-state index is 11.6. The predicted octanol–water partition coefficient (Wildman–Crippen LogP) is 3.48. The van der Waals surface area contributed by atoms with Crippen LogP contribution in [-0.4, -0.2) is 36.5 Å². The molecule has 8 nitrogen and oxygen atoms in total. The molecular weight excluding hydrogens is 458 g/mol. The molecule has 4 rings (SSSR count). The largest absolute Gasteiger partial charge is 0.496 e. The first-order valence-corrected chi connectivity index (χ1v) is 11.3. The highest BCUT2D eigenvalue weighted by Crippen LogP contribution is 2.37. The average Bonchev–Trinajstić information content (AvgIpc) is 3.08. The first kappa shape index (κ1) is 19.5. The second-order valence-corrected chi connectivity index (χ2v) is 9.14. The minimum Gasteiger partial charge on any atom is -0.496 e. The molecule has 2 heterocycles. The van der Waals surface area contributed by atoms with Crippen molar-refractivity contribution in [1.29, 1.82) is 0 Å². The van der Waals surface area contributed by atoms with E-state index in [0.29, 0.717) is 11.7 Å². The predicted molar refractivity (Wildman–Crippen MR) is 115 cm³/mol. The summed E-state index contributed by atoms with van der Waals surface area (Å²) in [5.74, 6) is 1.12. The number of methoxy groups -OCH3 is 1. The van der Waals surface area contributed by atoms with Crippen LogP contribution in [0, 0.1) is 0 Å². The van der Waals surface area contributed by atoms with Crippen molar-refractivity contribution < 1.29 is 13.2 Å². The van der Waals surface area contributed by atoms with E-state index in [2.05, 4.69) is 36.1 Å². The van der Waals surface area contributed by atoms with Crippen LogP contribution in [0.5, 0.6) is 5.75 Å². The summed E-state index contributed by atoms with van der Waals surface area (Å²) < 4.78 is 33.7. The van der Waals surface area contributed by atoms with Gasteiger partial charge in [0.05, 0.1) is 13.4 Å². The number of anilines is 2. The number of sulfonamides is 1. The van der Waals surface area contributed by atoms with Gasteiger partial charge < -0.3 is 10.1 Å². The molecule has 0 radical (unpaired) electrons. The van der Waals surface area contributed by atoms with Gasteiger partial charge in [-0.25, -0.2) is 13.1 Å². The van der Waals surface area contributed by atoms with E-state index in [4.69, 9.17) is 4.74 Å². The van der Waals surface area contributed by atoms with Crippen LogP contribution in [0.15, 0.2) is 59.1 Å². The molecule has 3 aromatic rings. The van der Waals surface area contributed by atoms with Gasteiger partial charge in [0.25, 0.3) is 5.95 Å². The summed E-state index contributed by atoms with van der Waals surface area (Å²) >= 11 is 3.45. The summed E-state index contributed by atoms with van der Waals surface area (Å²) in [6.07, 6.45) is 3.07. The number of hydrogen-bond donors (Lipinski definition) is 2. The molecule has 29 heavy (non-hydrogen) atoms. The molecule has 0 spiro atoms. The monoisotopic (exact) mass is 475 g/mol. The van der Waals surface area contributed by atoms with E-state index in [0.717, 1.165) is 27.6 Å². The van der Waals surface area contributed by atoms with Crippen LogP contribution in [0.4, 0.5) is 11.9 Å². The quantitative estimate of drug-likeness (QED) is 0.585. The third-order valence-electron chi connectivity index (χ3n) is 4.36. The van der Waals surface area contributed by atoms with Crippen LogP contribution in [0.1, 0.15) is 17.2 Å². The molecule has 0 amide bonds. The highest BCUT2D eigenvalue weighted by Gasteiger charge is 2.27. The number of benzene rings is 2. The lowest BCUT2D eigenvalue weighted by molar-refractivity contribution is 0.404. The van der Waals surface area contributed by atoms with Crippen molar-refractivity contribution in [3.05, 3.63) is 70.2 Å². The van der Waals surface area contributed by atoms with Crippen molar-refractivity contribution >= 4 is 43.5 Å². The van der Waals surface area contributed by atoms with Gasteiger partial charge in [-0.3, -0.25) is 4.72 Å². The zero-order valence-corrected chi connectivity index (χ0v) is 18.0. The summed E-state index contributed by atoms with van der Waals surface area (Å²) in [5.41, 5.74) is 2.67. The van der Waals surface area contributed by atoms with Crippen molar-refractivity contribution in [2.45, 2.75) is 6.04 Å². The van der Waals surface area contributed by atoms with E-state index < -0.39 is 10.0 Å². The normalized spacial score (nSPS) is 15.8. The molecule has 0 bridgehead atoms. The zero-order valence-electron chi connectivity index (χ0n) is 15.6. The SMILES string of the molecule is COc1ccccc1C1C=C(c2ccc(Br)cc2)Nc2nc(NS(C)(=O)=O)nn21. The molecule has 1 aliphatic rings. The summed E-state index contributed by atoms with van der Waals surface area (Å²) in [6, 6.07) is 15.1. The number of ether oxygens (including phenoxy) is 1. The average molecular weight is 476 g/mol. The Morgan fingerprint density at radius 2 is 1.90 bits per heavy atom. The third-order valence-corrected chi connectivity index (χ3v) is 5.44. The number of hydrogen-bond acceptors (Lipinski definition) is 6. The highest BCUT2D eigenvalue weighted by atomic mass is 79.9. The van der Waals surface area contributed by atoms with E-state index in [-0.39, 0.29) is 12.0 Å². The fourth-order valence-electron chi connectivity index (χ4n) is 3.13. The maximum Gasteiger partial charge on any atom is 0.257 e. The van der Waals surface area contributed by atoms with E-state index in [1.807, 2.05) is 54.6 Å². The van der Waals surface area contributed by atoms with Crippen LogP contribution in [0.3, 0.4) is 0 Å². The van der Waals surface area contributed by atoms with Gasteiger partial charge in [0.15, 0.2) is 0 Å². The second-order valence-electron chi connectivity index (χ2n) is 6.48. The third kappa shape index (κ3) is 4.13. The van der Waals surface area contributed by atoms with Crippen LogP contribution in [0.25, 0.3) is 5.70 Å². The lowest BCUT2D eigenvalue weighted by Gasteiger charge is -2.25. The van der Waals surface area contributed by atoms with Crippen molar-refractivity contribution in [2.75, 3.05) is 23.4 Å². The van der Waals surface area contributed by atoms with Crippen molar-refractivity contribution in [3.63, 3.8) is 0 Å². The first-order chi connectivity index (χ1) is 13.8. The van der Waals surface area contributed by atoms with Gasteiger partial charge in [0, 0.05) is 15.7 Å². The smallest absolute Gasteiger partial charge is 0.257 e. The van der Waals surface area contributed by atoms with Crippen molar-refractivity contribution in [3.8, 4) is 5.75 Å². The lowest BCUT2D eigenvalue weighted by Crippen LogP contribution is -2.20. The van der Waals surface area contributed by atoms with Crippen molar-refractivity contribution in [2.24, 2.45) is 0 Å². The summed E-state index contributed by atoms with van der Waals surface area (Å²) in [5, 5.41) is 7.59. The van der Waals surface area contributed by atoms with Gasteiger partial charge in [0.1, 0.15) is 11.8 Å². The maximum atomic E-state index is 11.6. The number of nitrogens with one attached hydrogen (secondary N) is 2. The van der Waals surface area contributed by atoms with Gasteiger partial charge >= 0.3 is 0 Å². The van der Waals surface area contributed by atoms with Gasteiger partial charge in [-0.1, -0.05) is 46.3 Å². The zero-order chi connectivity index (χ0) is 20.6. The molecule has 2 aromatic carbocycles. The van der Waals surface area contributed by atoms with Gasteiger partial charge in [-0.05, 0) is 29.8 Å². The Hall–Kier alpha value is -2.85. The van der Waals surface area contributed by atoms with Gasteiger partial charge in [0.2, 0.25) is 16.0 Å². The number of halogens is 1. The fourth-order valence-corrected chi connectivity index (χ4v) is 3.81. The molecule has 10 heteroatoms. The molecular formula is C19H18BrN5O3S. The number of fused-ring (bicyclic) bond motifs is 1. The van der Waals surface area contributed by atoms with Crippen molar-refractivity contribution in [1.82, 2.24) is 14.8 Å². The molecule has 0 saturated heterocycles. The molecule has 1 aromatic heterocycles. The Labute approximate surface area is 176 Å². The van der Waals surface area contributed by atoms with Crippen LogP contribution >= 0.6 is 15.9 Å². The van der Waals surface area contributed by atoms with Crippen LogP contribution in [-0.2, 0) is 10.0 Å². The molecule has 0 fully saturated rings. The summed E-state index contributed by atoms with van der Waals surface area (Å²) in [4.78, 5) is 4.32. The minimum absolute atomic E-state index is 0.000328. The lowest BCUT2D eigenvalue weighted by atomic mass is 10.0. The highest BCUT2D eigenvalue weighted by molar-refractivity contribution is 9.10. The summed E-state index contributed by atoms with van der Waals surface area (Å²) in [6.45, 7) is 0. The molecule has 2 N–H and O–H groups in total. The Morgan fingerprint density at radius 1 is 1.17 bits per heavy atom. The molecule has 0 aliphatic carbocycles. The Morgan fingerprint density at radius 3 is 2.59 bits per heavy atom. The molecule has 1 unspecified atom stereocenters. The number of rotatable bonds is 5. The van der Waals surface area contributed by atoms with Crippen LogP contribution < -0.4 is 14.8 Å². The van der Waals surface area contributed by atoms with Gasteiger partial charge in [-0.2, -0.15) is 4.98 Å². The molecule has 150 valence electrons. The number of nitrogens with zero attached hydrogens (tertiary/aromatic N) is 3. The first-order valence-electron chi connectivity index (χ1n) is 8.66. The topological polar surface area (TPSA) is 98.1 Å². The van der Waals surface area contributed by atoms with E-state index in [1.165, 1.54) is 0 Å². The number of aromatic nitrogens is 3. The minimum atomic E-state index is -3.51. The molecule has 0 saturated carbocycles. The van der Waals surface area contributed by atoms with Gasteiger partial charge in [-0.15, -0.1) is 5.10 Å². The van der Waals surface area contributed by atoms with E-state index in [1.54, 1.807) is 11.8 Å². The Balaban J connectivity index is 1.84. The number of allylic oxidation sites excluding steroid dienone is 1. The fraction of sp³-hybridized carbons (Fsp3) is 0.158. The standard InChI is InChI=1S/C19H18BrN5O3S/c1-28-17-6-4-3-5-14(17)16-11-15(12-7-9-13(20)10-8-12)21-19-22-18(23-25(16)19)24-29(2,26)27/h3-11,16H,1-2H3,(H2,21,22,23,24).